The van der Waals surface area contributed by atoms with Crippen molar-refractivity contribution in [2.45, 2.75) is 55.9 Å². The summed E-state index contributed by atoms with van der Waals surface area (Å²) in [6, 6.07) is 12.7. The maximum Gasteiger partial charge on any atom is 0.240 e. The molecule has 0 unspecified atom stereocenters. The average Bonchev–Trinajstić information content (AvgIpc) is 3.30. The van der Waals surface area contributed by atoms with Gasteiger partial charge in [0, 0.05) is 42.2 Å². The van der Waals surface area contributed by atoms with Gasteiger partial charge >= 0.3 is 0 Å². The summed E-state index contributed by atoms with van der Waals surface area (Å²) in [5.74, 6) is 1.62. The fraction of sp³-hybridized carbons (Fsp3) is 0.346. The summed E-state index contributed by atoms with van der Waals surface area (Å²) in [5.41, 5.74) is 4.20. The second-order valence-corrected chi connectivity index (χ2v) is 10.7. The zero-order valence-corrected chi connectivity index (χ0v) is 20.5. The van der Waals surface area contributed by atoms with E-state index in [0.717, 1.165) is 71.7 Å². The summed E-state index contributed by atoms with van der Waals surface area (Å²) < 4.78 is 33.7. The van der Waals surface area contributed by atoms with Crippen molar-refractivity contribution in [2.75, 3.05) is 7.11 Å². The number of sulfonamides is 1. The van der Waals surface area contributed by atoms with E-state index in [-0.39, 0.29) is 10.9 Å². The topological polar surface area (TPSA) is 110 Å². The van der Waals surface area contributed by atoms with Crippen LogP contribution in [0.25, 0.3) is 22.3 Å². The van der Waals surface area contributed by atoms with Crippen LogP contribution < -0.4 is 9.46 Å². The first-order valence-electron chi connectivity index (χ1n) is 12.0. The van der Waals surface area contributed by atoms with Gasteiger partial charge in [0.1, 0.15) is 17.1 Å². The number of ether oxygens (including phenoxy) is 1. The monoisotopic (exact) mass is 491 g/mol. The first-order chi connectivity index (χ1) is 17.0. The zero-order chi connectivity index (χ0) is 24.3. The third-order valence-electron chi connectivity index (χ3n) is 6.45. The molecule has 3 aromatic heterocycles. The Hall–Kier alpha value is -3.30. The Bertz CT molecular complexity index is 1410. The lowest BCUT2D eigenvalue weighted by Crippen LogP contribution is -2.36. The van der Waals surface area contributed by atoms with E-state index in [9.17, 15) is 8.42 Å². The molecule has 0 amide bonds. The number of hydrogen-bond donors (Lipinski definition) is 2. The van der Waals surface area contributed by atoms with Crippen LogP contribution in [0.15, 0.2) is 59.8 Å². The number of H-pyrrole nitrogens is 1. The van der Waals surface area contributed by atoms with Gasteiger partial charge in [0.15, 0.2) is 5.65 Å². The molecule has 35 heavy (non-hydrogen) atoms. The van der Waals surface area contributed by atoms with Crippen molar-refractivity contribution in [1.29, 1.82) is 0 Å². The fourth-order valence-electron chi connectivity index (χ4n) is 4.52. The maximum atomic E-state index is 12.8. The van der Waals surface area contributed by atoms with Gasteiger partial charge in [0.25, 0.3) is 0 Å². The van der Waals surface area contributed by atoms with Gasteiger partial charge in [-0.3, -0.25) is 4.98 Å². The maximum absolute atomic E-state index is 12.8. The van der Waals surface area contributed by atoms with Gasteiger partial charge < -0.3 is 9.72 Å². The summed E-state index contributed by atoms with van der Waals surface area (Å²) in [6.45, 7) is 0. The molecule has 0 radical (unpaired) electrons. The van der Waals surface area contributed by atoms with Crippen LogP contribution in [0.1, 0.15) is 43.6 Å². The van der Waals surface area contributed by atoms with E-state index in [0.29, 0.717) is 6.42 Å². The molecule has 0 spiro atoms. The Balaban J connectivity index is 1.29. The van der Waals surface area contributed by atoms with E-state index in [1.807, 2.05) is 30.3 Å². The molecule has 5 rings (SSSR count). The van der Waals surface area contributed by atoms with Crippen molar-refractivity contribution in [3.8, 4) is 16.9 Å². The van der Waals surface area contributed by atoms with Crippen LogP contribution >= 0.6 is 0 Å². The summed E-state index contributed by atoms with van der Waals surface area (Å²) in [7, 11) is -1.88. The Labute approximate surface area is 205 Å². The molecule has 2 N–H and O–H groups in total. The van der Waals surface area contributed by atoms with Gasteiger partial charge in [0.05, 0.1) is 12.0 Å². The highest BCUT2D eigenvalue weighted by atomic mass is 32.2. The number of nitrogens with one attached hydrogen (secondary N) is 2. The molecular weight excluding hydrogens is 462 g/mol. The van der Waals surface area contributed by atoms with Crippen LogP contribution in [0.4, 0.5) is 0 Å². The number of rotatable bonds is 8. The Morgan fingerprint density at radius 3 is 2.57 bits per heavy atom. The van der Waals surface area contributed by atoms with E-state index in [1.165, 1.54) is 6.42 Å². The number of hydrogen-bond acceptors (Lipinski definition) is 6. The molecule has 0 aliphatic heterocycles. The number of methoxy groups -OCH3 is 1. The highest BCUT2D eigenvalue weighted by Crippen LogP contribution is 2.25. The molecule has 182 valence electrons. The zero-order valence-electron chi connectivity index (χ0n) is 19.7. The van der Waals surface area contributed by atoms with E-state index in [1.54, 1.807) is 31.6 Å². The second-order valence-electron chi connectivity index (χ2n) is 8.94. The number of nitrogens with zero attached hydrogens (tertiary/aromatic N) is 3. The summed E-state index contributed by atoms with van der Waals surface area (Å²) in [4.78, 5) is 17.2. The molecular formula is C26H29N5O3S. The largest absolute Gasteiger partial charge is 0.497 e. The van der Waals surface area contributed by atoms with Crippen molar-refractivity contribution >= 4 is 21.2 Å². The SMILES string of the molecule is COc1ccnc(CCc2nc3cc(-c4ccc(S(=O)(=O)NC5CCCCC5)cc4)cnc3[nH]2)c1. The van der Waals surface area contributed by atoms with E-state index in [2.05, 4.69) is 19.7 Å². The fourth-order valence-corrected chi connectivity index (χ4v) is 5.83. The standard InChI is InChI=1S/C26H29N5O3S/c1-34-22-13-14-27-21(16-22)9-12-25-29-24-15-19(17-28-26(24)30-25)18-7-10-23(11-8-18)35(32,33)31-20-5-3-2-4-6-20/h7-8,10-11,13-17,20,31H,2-6,9,12H2,1H3,(H,28,29,30). The van der Waals surface area contributed by atoms with Gasteiger partial charge in [-0.2, -0.15) is 0 Å². The molecule has 1 fully saturated rings. The van der Waals surface area contributed by atoms with Crippen LogP contribution in [0.5, 0.6) is 5.75 Å². The number of fused-ring (bicyclic) bond motifs is 1. The number of aryl methyl sites for hydroxylation is 2. The lowest BCUT2D eigenvalue weighted by atomic mass is 9.96. The molecule has 1 aliphatic carbocycles. The van der Waals surface area contributed by atoms with E-state index in [4.69, 9.17) is 9.72 Å². The molecule has 1 aromatic carbocycles. The Morgan fingerprint density at radius 2 is 1.80 bits per heavy atom. The molecule has 9 heteroatoms. The van der Waals surface area contributed by atoms with Crippen molar-refractivity contribution in [3.63, 3.8) is 0 Å². The van der Waals surface area contributed by atoms with Crippen molar-refractivity contribution in [1.82, 2.24) is 24.7 Å². The van der Waals surface area contributed by atoms with Gasteiger partial charge in [-0.1, -0.05) is 31.4 Å². The van der Waals surface area contributed by atoms with Crippen LogP contribution in [0.2, 0.25) is 0 Å². The summed E-state index contributed by atoms with van der Waals surface area (Å²) in [6.07, 6.45) is 10.1. The van der Waals surface area contributed by atoms with Crippen molar-refractivity contribution < 1.29 is 13.2 Å². The molecule has 1 saturated carbocycles. The van der Waals surface area contributed by atoms with Crippen molar-refractivity contribution in [2.24, 2.45) is 0 Å². The van der Waals surface area contributed by atoms with Gasteiger partial charge in [-0.25, -0.2) is 23.1 Å². The number of imidazole rings is 1. The highest BCUT2D eigenvalue weighted by molar-refractivity contribution is 7.89. The van der Waals surface area contributed by atoms with Crippen LogP contribution in [-0.4, -0.2) is 41.5 Å². The molecule has 3 heterocycles. The minimum absolute atomic E-state index is 0.0357. The van der Waals surface area contributed by atoms with Crippen LogP contribution in [0, 0.1) is 0 Å². The molecule has 0 bridgehead atoms. The molecule has 0 atom stereocenters. The second kappa shape index (κ2) is 10.1. The van der Waals surface area contributed by atoms with Gasteiger partial charge in [-0.15, -0.1) is 0 Å². The quantitative estimate of drug-likeness (QED) is 0.377. The van der Waals surface area contributed by atoms with Crippen molar-refractivity contribution in [3.05, 3.63) is 66.4 Å². The first-order valence-corrected chi connectivity index (χ1v) is 13.4. The normalized spacial score (nSPS) is 14.9. The molecule has 4 aromatic rings. The Kier molecular flexibility index (Phi) is 6.79. The van der Waals surface area contributed by atoms with E-state index < -0.39 is 10.0 Å². The lowest BCUT2D eigenvalue weighted by molar-refractivity contribution is 0.412. The number of aromatic amines is 1. The average molecular weight is 492 g/mol. The number of benzene rings is 1. The predicted molar refractivity (Wildman–Crippen MR) is 135 cm³/mol. The first kappa shape index (κ1) is 23.4. The molecule has 1 aliphatic rings. The van der Waals surface area contributed by atoms with Crippen LogP contribution in [-0.2, 0) is 22.9 Å². The summed E-state index contributed by atoms with van der Waals surface area (Å²) >= 11 is 0. The Morgan fingerprint density at radius 1 is 1.00 bits per heavy atom. The number of aromatic nitrogens is 4. The van der Waals surface area contributed by atoms with E-state index >= 15 is 0 Å². The van der Waals surface area contributed by atoms with Gasteiger partial charge in [0.2, 0.25) is 10.0 Å². The molecule has 0 saturated heterocycles. The molecule has 8 nitrogen and oxygen atoms in total. The third-order valence-corrected chi connectivity index (χ3v) is 7.99. The third kappa shape index (κ3) is 5.52. The number of pyridine rings is 2. The lowest BCUT2D eigenvalue weighted by Gasteiger charge is -2.22. The minimum atomic E-state index is -3.52. The summed E-state index contributed by atoms with van der Waals surface area (Å²) in [5, 5.41) is 0. The van der Waals surface area contributed by atoms with Gasteiger partial charge in [-0.05, 0) is 49.1 Å². The van der Waals surface area contributed by atoms with Crippen LogP contribution in [0.3, 0.4) is 0 Å². The smallest absolute Gasteiger partial charge is 0.240 e. The minimum Gasteiger partial charge on any atom is -0.497 e. The predicted octanol–water partition coefficient (Wildman–Crippen LogP) is 4.42. The highest BCUT2D eigenvalue weighted by Gasteiger charge is 2.21.